The molecule has 1 fully saturated rings. The van der Waals surface area contributed by atoms with E-state index in [9.17, 15) is 0 Å². The quantitative estimate of drug-likeness (QED) is 0.699. The second kappa shape index (κ2) is 5.58. The van der Waals surface area contributed by atoms with Crippen LogP contribution in [0, 0.1) is 0 Å². The van der Waals surface area contributed by atoms with Crippen molar-refractivity contribution in [3.8, 4) is 0 Å². The fraction of sp³-hybridized carbons (Fsp3) is 1.00. The maximum absolute atomic E-state index is 5.47. The van der Waals surface area contributed by atoms with Gasteiger partial charge in [0.1, 0.15) is 0 Å². The molecule has 0 saturated carbocycles. The number of ether oxygens (including phenoxy) is 1. The van der Waals surface area contributed by atoms with E-state index >= 15 is 0 Å². The van der Waals surface area contributed by atoms with E-state index in [-0.39, 0.29) is 0 Å². The Bertz CT molecular complexity index is 141. The van der Waals surface area contributed by atoms with Gasteiger partial charge in [0, 0.05) is 25.2 Å². The number of rotatable bonds is 4. The Balaban J connectivity index is 2.43. The van der Waals surface area contributed by atoms with Crippen LogP contribution >= 0.6 is 0 Å². The van der Waals surface area contributed by atoms with Crippen molar-refractivity contribution >= 4 is 0 Å². The summed E-state index contributed by atoms with van der Waals surface area (Å²) < 4.78 is 5.47. The van der Waals surface area contributed by atoms with Crippen LogP contribution < -0.4 is 5.32 Å². The van der Waals surface area contributed by atoms with Gasteiger partial charge in [-0.3, -0.25) is 4.90 Å². The summed E-state index contributed by atoms with van der Waals surface area (Å²) in [6.07, 6.45) is 1.19. The molecule has 13 heavy (non-hydrogen) atoms. The van der Waals surface area contributed by atoms with Crippen LogP contribution in [0.4, 0.5) is 0 Å². The highest BCUT2D eigenvalue weighted by Gasteiger charge is 2.24. The zero-order valence-electron chi connectivity index (χ0n) is 9.05. The molecule has 0 bridgehead atoms. The van der Waals surface area contributed by atoms with Crippen molar-refractivity contribution in [2.75, 3.05) is 33.4 Å². The van der Waals surface area contributed by atoms with E-state index < -0.39 is 0 Å². The predicted octanol–water partition coefficient (Wildman–Crippen LogP) is 0.705. The number of morpholine rings is 1. The second-order valence-electron chi connectivity index (χ2n) is 3.78. The first kappa shape index (κ1) is 11.0. The zero-order chi connectivity index (χ0) is 9.68. The summed E-state index contributed by atoms with van der Waals surface area (Å²) in [6, 6.07) is 1.25. The van der Waals surface area contributed by atoms with Gasteiger partial charge in [-0.1, -0.05) is 6.92 Å². The maximum Gasteiger partial charge on any atom is 0.0622 e. The van der Waals surface area contributed by atoms with Gasteiger partial charge in [0.2, 0.25) is 0 Å². The molecule has 0 aromatic heterocycles. The van der Waals surface area contributed by atoms with Gasteiger partial charge < -0.3 is 10.1 Å². The topological polar surface area (TPSA) is 24.5 Å². The first-order valence-corrected chi connectivity index (χ1v) is 5.27. The first-order valence-electron chi connectivity index (χ1n) is 5.27. The van der Waals surface area contributed by atoms with Crippen molar-refractivity contribution in [2.45, 2.75) is 32.4 Å². The van der Waals surface area contributed by atoms with E-state index in [1.165, 1.54) is 6.42 Å². The monoisotopic (exact) mass is 186 g/mol. The molecule has 1 N–H and O–H groups in total. The third-order valence-electron chi connectivity index (χ3n) is 2.81. The van der Waals surface area contributed by atoms with Gasteiger partial charge in [0.25, 0.3) is 0 Å². The molecule has 3 heteroatoms. The molecule has 78 valence electrons. The van der Waals surface area contributed by atoms with Crippen LogP contribution in [0.3, 0.4) is 0 Å². The average molecular weight is 186 g/mol. The normalized spacial score (nSPS) is 27.5. The molecule has 0 spiro atoms. The Morgan fingerprint density at radius 3 is 3.00 bits per heavy atom. The molecule has 1 saturated heterocycles. The Labute approximate surface area is 81.4 Å². The molecule has 1 heterocycles. The van der Waals surface area contributed by atoms with Crippen LogP contribution in [0.15, 0.2) is 0 Å². The van der Waals surface area contributed by atoms with Crippen molar-refractivity contribution in [3.05, 3.63) is 0 Å². The van der Waals surface area contributed by atoms with Gasteiger partial charge in [-0.15, -0.1) is 0 Å². The molecular weight excluding hydrogens is 164 g/mol. The van der Waals surface area contributed by atoms with Crippen LogP contribution in [0.25, 0.3) is 0 Å². The zero-order valence-corrected chi connectivity index (χ0v) is 9.05. The number of hydrogen-bond donors (Lipinski definition) is 1. The van der Waals surface area contributed by atoms with E-state index in [0.717, 1.165) is 26.3 Å². The second-order valence-corrected chi connectivity index (χ2v) is 3.78. The van der Waals surface area contributed by atoms with Gasteiger partial charge in [-0.2, -0.15) is 0 Å². The predicted molar refractivity (Wildman–Crippen MR) is 55.0 cm³/mol. The highest BCUT2D eigenvalue weighted by molar-refractivity contribution is 4.79. The summed E-state index contributed by atoms with van der Waals surface area (Å²) in [4.78, 5) is 2.56. The van der Waals surface area contributed by atoms with Crippen molar-refractivity contribution in [1.82, 2.24) is 10.2 Å². The summed E-state index contributed by atoms with van der Waals surface area (Å²) in [5.41, 5.74) is 0. The molecule has 2 unspecified atom stereocenters. The summed E-state index contributed by atoms with van der Waals surface area (Å²) in [7, 11) is 2.01. The Kier molecular flexibility index (Phi) is 4.70. The van der Waals surface area contributed by atoms with Crippen molar-refractivity contribution in [3.63, 3.8) is 0 Å². The van der Waals surface area contributed by atoms with Crippen molar-refractivity contribution in [2.24, 2.45) is 0 Å². The fourth-order valence-corrected chi connectivity index (χ4v) is 2.01. The number of hydrogen-bond acceptors (Lipinski definition) is 3. The lowest BCUT2D eigenvalue weighted by Gasteiger charge is -2.39. The van der Waals surface area contributed by atoms with Crippen LogP contribution in [0.2, 0.25) is 0 Å². The van der Waals surface area contributed by atoms with Gasteiger partial charge in [-0.05, 0) is 20.4 Å². The maximum atomic E-state index is 5.47. The molecule has 1 aliphatic heterocycles. The standard InChI is InChI=1S/C10H22N2O/c1-4-10-8-13-6-5-12(10)9(2)7-11-3/h9-11H,4-8H2,1-3H3. The third-order valence-corrected chi connectivity index (χ3v) is 2.81. The smallest absolute Gasteiger partial charge is 0.0622 e. The fourth-order valence-electron chi connectivity index (χ4n) is 2.01. The molecule has 0 amide bonds. The molecular formula is C10H22N2O. The molecule has 0 radical (unpaired) electrons. The minimum Gasteiger partial charge on any atom is -0.378 e. The van der Waals surface area contributed by atoms with Crippen LogP contribution in [-0.2, 0) is 4.74 Å². The lowest BCUT2D eigenvalue weighted by Crippen LogP contribution is -2.52. The van der Waals surface area contributed by atoms with Crippen molar-refractivity contribution < 1.29 is 4.74 Å². The van der Waals surface area contributed by atoms with Gasteiger partial charge >= 0.3 is 0 Å². The summed E-state index contributed by atoms with van der Waals surface area (Å²) in [5.74, 6) is 0. The Morgan fingerprint density at radius 1 is 1.62 bits per heavy atom. The van der Waals surface area contributed by atoms with Crippen LogP contribution in [0.1, 0.15) is 20.3 Å². The highest BCUT2D eigenvalue weighted by atomic mass is 16.5. The molecule has 3 nitrogen and oxygen atoms in total. The van der Waals surface area contributed by atoms with Gasteiger partial charge in [0.05, 0.1) is 13.2 Å². The van der Waals surface area contributed by atoms with E-state index in [2.05, 4.69) is 24.1 Å². The van der Waals surface area contributed by atoms with Crippen LogP contribution in [0.5, 0.6) is 0 Å². The lowest BCUT2D eigenvalue weighted by molar-refractivity contribution is -0.0259. The average Bonchev–Trinajstić information content (AvgIpc) is 2.18. The lowest BCUT2D eigenvalue weighted by atomic mass is 10.1. The first-order chi connectivity index (χ1) is 6.29. The largest absolute Gasteiger partial charge is 0.378 e. The molecule has 2 atom stereocenters. The van der Waals surface area contributed by atoms with Gasteiger partial charge in [-0.25, -0.2) is 0 Å². The van der Waals surface area contributed by atoms with E-state index in [4.69, 9.17) is 4.74 Å². The van der Waals surface area contributed by atoms with E-state index in [1.54, 1.807) is 0 Å². The minimum atomic E-state index is 0.622. The molecule has 1 aliphatic rings. The number of nitrogens with zero attached hydrogens (tertiary/aromatic N) is 1. The molecule has 1 rings (SSSR count). The molecule has 0 aromatic rings. The third kappa shape index (κ3) is 2.93. The Hall–Kier alpha value is -0.120. The Morgan fingerprint density at radius 2 is 2.38 bits per heavy atom. The van der Waals surface area contributed by atoms with E-state index in [1.807, 2.05) is 7.05 Å². The van der Waals surface area contributed by atoms with Gasteiger partial charge in [0.15, 0.2) is 0 Å². The SMILES string of the molecule is CCC1COCCN1C(C)CNC. The summed E-state index contributed by atoms with van der Waals surface area (Å²) in [5, 5.41) is 3.23. The minimum absolute atomic E-state index is 0.622. The molecule has 0 aliphatic carbocycles. The van der Waals surface area contributed by atoms with Crippen molar-refractivity contribution in [1.29, 1.82) is 0 Å². The van der Waals surface area contributed by atoms with Crippen LogP contribution in [-0.4, -0.2) is 50.3 Å². The summed E-state index contributed by atoms with van der Waals surface area (Å²) >= 11 is 0. The number of likely N-dealkylation sites (N-methyl/N-ethyl adjacent to an activating group) is 1. The number of nitrogens with one attached hydrogen (secondary N) is 1. The van der Waals surface area contributed by atoms with E-state index in [0.29, 0.717) is 12.1 Å². The summed E-state index contributed by atoms with van der Waals surface area (Å²) in [6.45, 7) is 8.47. The highest BCUT2D eigenvalue weighted by Crippen LogP contribution is 2.13. The molecule has 0 aromatic carbocycles.